The molecule has 3 aliphatic rings. The number of fused-ring (bicyclic) bond motifs is 3. The Bertz CT molecular complexity index is 1300. The summed E-state index contributed by atoms with van der Waals surface area (Å²) in [5.74, 6) is 1.000. The topological polar surface area (TPSA) is 41.6 Å². The van der Waals surface area contributed by atoms with Gasteiger partial charge in [-0.05, 0) is 97.4 Å². The van der Waals surface area contributed by atoms with Gasteiger partial charge in [-0.25, -0.2) is 0 Å². The number of carbonyl (C=O) groups excluding carboxylic acids is 1. The highest BCUT2D eigenvalue weighted by molar-refractivity contribution is 6.03. The number of nitrogens with zero attached hydrogens (tertiary/aromatic N) is 1. The number of anilines is 1. The van der Waals surface area contributed by atoms with E-state index in [1.54, 1.807) is 0 Å². The number of amides is 1. The molecule has 3 aromatic carbocycles. The minimum absolute atomic E-state index is 0.0515. The summed E-state index contributed by atoms with van der Waals surface area (Å²) < 4.78 is 6.20. The number of rotatable bonds is 4. The molecule has 1 amide bonds. The Morgan fingerprint density at radius 3 is 2.74 bits per heavy atom. The minimum atomic E-state index is -0.0515. The van der Waals surface area contributed by atoms with Crippen molar-refractivity contribution in [2.75, 3.05) is 25.0 Å². The molecule has 0 aromatic heterocycles. The number of piperidine rings is 1. The molecule has 0 bridgehead atoms. The van der Waals surface area contributed by atoms with Crippen molar-refractivity contribution < 1.29 is 9.53 Å². The molecule has 4 heteroatoms. The molecular weight excluding hydrogens is 432 g/mol. The third-order valence-electron chi connectivity index (χ3n) is 7.64. The monoisotopic (exact) mass is 464 g/mol. The molecule has 3 aromatic rings. The summed E-state index contributed by atoms with van der Waals surface area (Å²) in [5, 5.41) is 3.16. The molecule has 6 rings (SSSR count). The summed E-state index contributed by atoms with van der Waals surface area (Å²) in [6.07, 6.45) is 7.01. The van der Waals surface area contributed by atoms with Gasteiger partial charge in [-0.2, -0.15) is 0 Å². The Morgan fingerprint density at radius 2 is 1.86 bits per heavy atom. The number of hydrogen-bond donors (Lipinski definition) is 1. The predicted molar refractivity (Wildman–Crippen MR) is 142 cm³/mol. The van der Waals surface area contributed by atoms with E-state index in [0.717, 1.165) is 46.7 Å². The lowest BCUT2D eigenvalue weighted by Crippen LogP contribution is -2.32. The fraction of sp³-hybridized carbons (Fsp3) is 0.323. The summed E-state index contributed by atoms with van der Waals surface area (Å²) in [4.78, 5) is 15.4. The Kier molecular flexibility index (Phi) is 5.91. The number of nitrogens with one attached hydrogen (secondary N) is 1. The van der Waals surface area contributed by atoms with Crippen molar-refractivity contribution in [3.63, 3.8) is 0 Å². The van der Waals surface area contributed by atoms with Crippen LogP contribution >= 0.6 is 0 Å². The van der Waals surface area contributed by atoms with E-state index in [2.05, 4.69) is 83.9 Å². The molecule has 178 valence electrons. The van der Waals surface area contributed by atoms with Gasteiger partial charge in [0.1, 0.15) is 12.4 Å². The SMILES string of the molecule is Cc1ccc2c(c1)OCc1ccccc1/C2=C\c1ccc2c(c1)NC(=O)C2CCN1CCCCC1. The van der Waals surface area contributed by atoms with Crippen LogP contribution in [0.3, 0.4) is 0 Å². The van der Waals surface area contributed by atoms with Crippen LogP contribution in [-0.2, 0) is 11.4 Å². The minimum Gasteiger partial charge on any atom is -0.488 e. The molecule has 1 atom stereocenters. The van der Waals surface area contributed by atoms with Gasteiger partial charge in [0.05, 0.1) is 5.92 Å². The van der Waals surface area contributed by atoms with Gasteiger partial charge in [0.15, 0.2) is 0 Å². The van der Waals surface area contributed by atoms with Crippen LogP contribution in [-0.4, -0.2) is 30.4 Å². The molecule has 4 nitrogen and oxygen atoms in total. The first-order valence-electron chi connectivity index (χ1n) is 12.9. The van der Waals surface area contributed by atoms with Crippen LogP contribution < -0.4 is 10.1 Å². The van der Waals surface area contributed by atoms with E-state index in [1.807, 2.05) is 0 Å². The van der Waals surface area contributed by atoms with Crippen LogP contribution in [0.25, 0.3) is 11.6 Å². The molecule has 0 spiro atoms. The largest absolute Gasteiger partial charge is 0.488 e. The molecule has 1 unspecified atom stereocenters. The number of likely N-dealkylation sites (tertiary alicyclic amines) is 1. The predicted octanol–water partition coefficient (Wildman–Crippen LogP) is 6.39. The molecule has 3 heterocycles. The summed E-state index contributed by atoms with van der Waals surface area (Å²) in [7, 11) is 0. The van der Waals surface area contributed by atoms with Crippen molar-refractivity contribution in [3.05, 3.63) is 94.0 Å². The standard InChI is InChI=1S/C31H32N2O2/c1-21-9-11-26-28(24-8-4-3-7-23(24)20-35-30(26)17-21)18-22-10-12-25-27(31(34)32-29(25)19-22)13-16-33-14-5-2-6-15-33/h3-4,7-12,17-19,27H,2,5-6,13-16,20H2,1H3,(H,32,34)/b28-18+. The van der Waals surface area contributed by atoms with E-state index in [9.17, 15) is 4.79 Å². The van der Waals surface area contributed by atoms with E-state index in [-0.39, 0.29) is 11.8 Å². The van der Waals surface area contributed by atoms with Crippen LogP contribution in [0.1, 0.15) is 65.0 Å². The van der Waals surface area contributed by atoms with Crippen molar-refractivity contribution in [2.45, 2.75) is 45.1 Å². The number of carbonyl (C=O) groups is 1. The second-order valence-corrected chi connectivity index (χ2v) is 10.1. The average Bonchev–Trinajstić information content (AvgIpc) is 3.11. The van der Waals surface area contributed by atoms with E-state index in [1.165, 1.54) is 49.0 Å². The average molecular weight is 465 g/mol. The fourth-order valence-electron chi connectivity index (χ4n) is 5.72. The maximum atomic E-state index is 12.8. The zero-order chi connectivity index (χ0) is 23.8. The Hall–Kier alpha value is -3.37. The van der Waals surface area contributed by atoms with Gasteiger partial charge in [0.2, 0.25) is 5.91 Å². The zero-order valence-electron chi connectivity index (χ0n) is 20.3. The third-order valence-corrected chi connectivity index (χ3v) is 7.64. The summed E-state index contributed by atoms with van der Waals surface area (Å²) in [6.45, 7) is 5.98. The molecule has 1 fully saturated rings. The van der Waals surface area contributed by atoms with Crippen LogP contribution in [0, 0.1) is 6.92 Å². The lowest BCUT2D eigenvalue weighted by molar-refractivity contribution is -0.117. The van der Waals surface area contributed by atoms with Gasteiger partial charge in [-0.1, -0.05) is 55.0 Å². The van der Waals surface area contributed by atoms with Crippen molar-refractivity contribution in [3.8, 4) is 5.75 Å². The van der Waals surface area contributed by atoms with Gasteiger partial charge in [0, 0.05) is 11.3 Å². The quantitative estimate of drug-likeness (QED) is 0.487. The highest BCUT2D eigenvalue weighted by atomic mass is 16.5. The van der Waals surface area contributed by atoms with Crippen LogP contribution in [0.15, 0.2) is 60.7 Å². The van der Waals surface area contributed by atoms with Crippen molar-refractivity contribution in [1.82, 2.24) is 4.90 Å². The summed E-state index contributed by atoms with van der Waals surface area (Å²) in [6, 6.07) is 21.3. The lowest BCUT2D eigenvalue weighted by Gasteiger charge is -2.27. The second-order valence-electron chi connectivity index (χ2n) is 10.1. The lowest BCUT2D eigenvalue weighted by atomic mass is 9.91. The first kappa shape index (κ1) is 22.1. The number of ether oxygens (including phenoxy) is 1. The third kappa shape index (κ3) is 4.39. The second kappa shape index (κ2) is 9.35. The van der Waals surface area contributed by atoms with E-state index in [4.69, 9.17) is 4.74 Å². The normalized spacial score (nSPS) is 20.4. The molecule has 1 saturated heterocycles. The number of aryl methyl sites for hydroxylation is 1. The van der Waals surface area contributed by atoms with Crippen molar-refractivity contribution >= 4 is 23.2 Å². The highest BCUT2D eigenvalue weighted by Gasteiger charge is 2.31. The smallest absolute Gasteiger partial charge is 0.232 e. The fourth-order valence-corrected chi connectivity index (χ4v) is 5.72. The van der Waals surface area contributed by atoms with Crippen molar-refractivity contribution in [1.29, 1.82) is 0 Å². The van der Waals surface area contributed by atoms with Crippen molar-refractivity contribution in [2.24, 2.45) is 0 Å². The number of hydrogen-bond acceptors (Lipinski definition) is 3. The molecule has 1 N–H and O–H groups in total. The Balaban J connectivity index is 1.33. The van der Waals surface area contributed by atoms with Crippen LogP contribution in [0.4, 0.5) is 5.69 Å². The molecule has 35 heavy (non-hydrogen) atoms. The van der Waals surface area contributed by atoms with E-state index in [0.29, 0.717) is 6.61 Å². The van der Waals surface area contributed by atoms with Gasteiger partial charge in [-0.15, -0.1) is 0 Å². The molecule has 0 saturated carbocycles. The van der Waals surface area contributed by atoms with Crippen LogP contribution in [0.2, 0.25) is 0 Å². The van der Waals surface area contributed by atoms with Gasteiger partial charge >= 0.3 is 0 Å². The Labute approximate surface area is 207 Å². The molecule has 0 radical (unpaired) electrons. The first-order valence-corrected chi connectivity index (χ1v) is 12.9. The first-order chi connectivity index (χ1) is 17.2. The van der Waals surface area contributed by atoms with E-state index >= 15 is 0 Å². The maximum Gasteiger partial charge on any atom is 0.232 e. The van der Waals surface area contributed by atoms with Gasteiger partial charge in [0.25, 0.3) is 0 Å². The van der Waals surface area contributed by atoms with E-state index < -0.39 is 0 Å². The highest BCUT2D eigenvalue weighted by Crippen LogP contribution is 2.40. The molecule has 3 aliphatic heterocycles. The Morgan fingerprint density at radius 1 is 1.00 bits per heavy atom. The summed E-state index contributed by atoms with van der Waals surface area (Å²) in [5.41, 5.74) is 8.98. The van der Waals surface area contributed by atoms with Crippen LogP contribution in [0.5, 0.6) is 5.75 Å². The molecule has 0 aliphatic carbocycles. The van der Waals surface area contributed by atoms with Gasteiger partial charge < -0.3 is 15.0 Å². The molecular formula is C31H32N2O2. The summed E-state index contributed by atoms with van der Waals surface area (Å²) >= 11 is 0. The number of benzene rings is 3. The zero-order valence-corrected chi connectivity index (χ0v) is 20.3. The van der Waals surface area contributed by atoms with Gasteiger partial charge in [-0.3, -0.25) is 4.79 Å². The maximum absolute atomic E-state index is 12.8.